The molecule has 2 aromatic rings. The van der Waals surface area contributed by atoms with Gasteiger partial charge in [0.1, 0.15) is 42.8 Å². The highest BCUT2D eigenvalue weighted by Gasteiger charge is 2.26. The van der Waals surface area contributed by atoms with Crippen LogP contribution in [0.3, 0.4) is 0 Å². The van der Waals surface area contributed by atoms with E-state index in [1.165, 1.54) is 0 Å². The zero-order valence-electron chi connectivity index (χ0n) is 13.2. The number of benzene rings is 2. The third kappa shape index (κ3) is 4.74. The maximum atomic E-state index is 5.74. The fourth-order valence-corrected chi connectivity index (χ4v) is 2.28. The summed E-state index contributed by atoms with van der Waals surface area (Å²) in [6, 6.07) is 17.1. The Bertz CT molecular complexity index is 666. The van der Waals surface area contributed by atoms with E-state index < -0.39 is 0 Å². The van der Waals surface area contributed by atoms with Gasteiger partial charge < -0.3 is 14.2 Å². The van der Waals surface area contributed by atoms with Crippen LogP contribution in [0.4, 0.5) is 0 Å². The minimum atomic E-state index is -0.184. The molecule has 3 rings (SSSR count). The maximum Gasteiger partial charge on any atom is 0.134 e. The summed E-state index contributed by atoms with van der Waals surface area (Å²) in [5.74, 6) is 4.75. The SMILES string of the molecule is C#CCOC1CC(COc2ccc(Oc3ccccc3)cc2)ON1. The number of hydrogen-bond acceptors (Lipinski definition) is 5. The Labute approximate surface area is 141 Å². The first-order valence-corrected chi connectivity index (χ1v) is 7.75. The molecule has 124 valence electrons. The van der Waals surface area contributed by atoms with E-state index in [2.05, 4.69) is 11.4 Å². The monoisotopic (exact) mass is 325 g/mol. The van der Waals surface area contributed by atoms with Crippen LogP contribution in [0.1, 0.15) is 6.42 Å². The van der Waals surface area contributed by atoms with Gasteiger partial charge in [-0.15, -0.1) is 6.42 Å². The molecule has 0 aromatic heterocycles. The zero-order chi connectivity index (χ0) is 16.6. The van der Waals surface area contributed by atoms with Crippen molar-refractivity contribution in [3.05, 3.63) is 54.6 Å². The number of ether oxygens (including phenoxy) is 3. The number of hydrogen-bond donors (Lipinski definition) is 1. The molecule has 0 saturated carbocycles. The van der Waals surface area contributed by atoms with E-state index in [4.69, 9.17) is 25.5 Å². The van der Waals surface area contributed by atoms with Gasteiger partial charge in [0.25, 0.3) is 0 Å². The minimum Gasteiger partial charge on any atom is -0.491 e. The fourth-order valence-electron chi connectivity index (χ4n) is 2.28. The normalized spacial score (nSPS) is 19.6. The number of para-hydroxylation sites is 1. The van der Waals surface area contributed by atoms with Crippen molar-refractivity contribution in [2.24, 2.45) is 0 Å². The molecule has 1 N–H and O–H groups in total. The molecule has 1 fully saturated rings. The molecule has 0 radical (unpaired) electrons. The van der Waals surface area contributed by atoms with Crippen molar-refractivity contribution in [2.75, 3.05) is 13.2 Å². The Kier molecular flexibility index (Phi) is 5.70. The van der Waals surface area contributed by atoms with Gasteiger partial charge in [-0.05, 0) is 36.4 Å². The molecule has 1 heterocycles. The van der Waals surface area contributed by atoms with Crippen molar-refractivity contribution < 1.29 is 19.0 Å². The van der Waals surface area contributed by atoms with Gasteiger partial charge in [-0.1, -0.05) is 24.1 Å². The van der Waals surface area contributed by atoms with Crippen molar-refractivity contribution in [3.8, 4) is 29.6 Å². The average Bonchev–Trinajstić information content (AvgIpc) is 3.08. The van der Waals surface area contributed by atoms with Gasteiger partial charge in [-0.25, -0.2) is 0 Å². The molecule has 0 spiro atoms. The van der Waals surface area contributed by atoms with E-state index in [1.54, 1.807) is 0 Å². The first kappa shape index (κ1) is 16.3. The highest BCUT2D eigenvalue weighted by Crippen LogP contribution is 2.24. The molecule has 0 aliphatic carbocycles. The molecular formula is C19H19NO4. The van der Waals surface area contributed by atoms with E-state index >= 15 is 0 Å². The molecule has 0 bridgehead atoms. The van der Waals surface area contributed by atoms with Gasteiger partial charge in [0.2, 0.25) is 0 Å². The van der Waals surface area contributed by atoms with Crippen molar-refractivity contribution in [2.45, 2.75) is 18.8 Å². The van der Waals surface area contributed by atoms with E-state index in [1.807, 2.05) is 54.6 Å². The van der Waals surface area contributed by atoms with Crippen LogP contribution >= 0.6 is 0 Å². The van der Waals surface area contributed by atoms with E-state index in [9.17, 15) is 0 Å². The molecule has 1 saturated heterocycles. The summed E-state index contributed by atoms with van der Waals surface area (Å²) in [6.07, 6.45) is 5.59. The number of terminal acetylenes is 1. The maximum absolute atomic E-state index is 5.74. The third-order valence-electron chi connectivity index (χ3n) is 3.45. The molecule has 0 amide bonds. The highest BCUT2D eigenvalue weighted by molar-refractivity contribution is 5.35. The van der Waals surface area contributed by atoms with E-state index in [0.717, 1.165) is 17.2 Å². The molecule has 1 aliphatic heterocycles. The predicted molar refractivity (Wildman–Crippen MR) is 89.7 cm³/mol. The molecule has 5 heteroatoms. The summed E-state index contributed by atoms with van der Waals surface area (Å²) in [5.41, 5.74) is 2.80. The summed E-state index contributed by atoms with van der Waals surface area (Å²) >= 11 is 0. The van der Waals surface area contributed by atoms with Crippen molar-refractivity contribution >= 4 is 0 Å². The van der Waals surface area contributed by atoms with E-state index in [-0.39, 0.29) is 18.9 Å². The fraction of sp³-hybridized carbons (Fsp3) is 0.263. The van der Waals surface area contributed by atoms with Gasteiger partial charge in [-0.2, -0.15) is 5.48 Å². The lowest BCUT2D eigenvalue weighted by Gasteiger charge is -2.11. The lowest BCUT2D eigenvalue weighted by atomic mass is 10.2. The number of hydroxylamine groups is 1. The van der Waals surface area contributed by atoms with Crippen LogP contribution in [0.5, 0.6) is 17.2 Å². The molecule has 5 nitrogen and oxygen atoms in total. The predicted octanol–water partition coefficient (Wildman–Crippen LogP) is 3.13. The molecule has 1 aliphatic rings. The van der Waals surface area contributed by atoms with Crippen LogP contribution in [0.25, 0.3) is 0 Å². The van der Waals surface area contributed by atoms with Crippen LogP contribution in [-0.4, -0.2) is 25.5 Å². The van der Waals surface area contributed by atoms with Crippen LogP contribution in [-0.2, 0) is 9.57 Å². The first-order valence-electron chi connectivity index (χ1n) is 7.75. The summed E-state index contributed by atoms with van der Waals surface area (Å²) < 4.78 is 16.8. The second-order valence-corrected chi connectivity index (χ2v) is 5.29. The van der Waals surface area contributed by atoms with Crippen molar-refractivity contribution in [3.63, 3.8) is 0 Å². The molecule has 24 heavy (non-hydrogen) atoms. The Balaban J connectivity index is 1.44. The Morgan fingerprint density at radius 3 is 2.50 bits per heavy atom. The summed E-state index contributed by atoms with van der Waals surface area (Å²) in [6.45, 7) is 0.694. The molecule has 2 atom stereocenters. The van der Waals surface area contributed by atoms with E-state index in [0.29, 0.717) is 13.0 Å². The van der Waals surface area contributed by atoms with Gasteiger partial charge in [-0.3, -0.25) is 4.84 Å². The third-order valence-corrected chi connectivity index (χ3v) is 3.45. The van der Waals surface area contributed by atoms with Crippen LogP contribution in [0.2, 0.25) is 0 Å². The Morgan fingerprint density at radius 1 is 1.04 bits per heavy atom. The molecular weight excluding hydrogens is 306 g/mol. The smallest absolute Gasteiger partial charge is 0.134 e. The second kappa shape index (κ2) is 8.37. The Morgan fingerprint density at radius 2 is 1.75 bits per heavy atom. The molecule has 2 aromatic carbocycles. The van der Waals surface area contributed by atoms with Crippen LogP contribution in [0, 0.1) is 12.3 Å². The standard InChI is InChI=1S/C19H19NO4/c1-2-12-21-19-13-18(24-20-19)14-22-15-8-10-17(11-9-15)23-16-6-4-3-5-7-16/h1,3-11,18-20H,12-14H2. The minimum absolute atomic E-state index is 0.0759. The largest absolute Gasteiger partial charge is 0.491 e. The van der Waals surface area contributed by atoms with Crippen molar-refractivity contribution in [1.29, 1.82) is 0 Å². The van der Waals surface area contributed by atoms with Crippen LogP contribution < -0.4 is 15.0 Å². The zero-order valence-corrected chi connectivity index (χ0v) is 13.2. The second-order valence-electron chi connectivity index (χ2n) is 5.29. The topological polar surface area (TPSA) is 49.0 Å². The first-order chi connectivity index (χ1) is 11.8. The van der Waals surface area contributed by atoms with Crippen LogP contribution in [0.15, 0.2) is 54.6 Å². The summed E-state index contributed by atoms with van der Waals surface area (Å²) in [4.78, 5) is 5.39. The lowest BCUT2D eigenvalue weighted by molar-refractivity contribution is -0.0388. The lowest BCUT2D eigenvalue weighted by Crippen LogP contribution is -2.23. The molecule has 2 unspecified atom stereocenters. The Hall–Kier alpha value is -2.52. The number of nitrogens with one attached hydrogen (secondary N) is 1. The average molecular weight is 325 g/mol. The highest BCUT2D eigenvalue weighted by atomic mass is 16.7. The van der Waals surface area contributed by atoms with Gasteiger partial charge in [0, 0.05) is 6.42 Å². The van der Waals surface area contributed by atoms with Gasteiger partial charge >= 0.3 is 0 Å². The quantitative estimate of drug-likeness (QED) is 0.793. The van der Waals surface area contributed by atoms with Crippen molar-refractivity contribution in [1.82, 2.24) is 5.48 Å². The van der Waals surface area contributed by atoms with Gasteiger partial charge in [0.15, 0.2) is 0 Å². The summed E-state index contributed by atoms with van der Waals surface area (Å²) in [5, 5.41) is 0. The number of rotatable bonds is 7. The summed E-state index contributed by atoms with van der Waals surface area (Å²) in [7, 11) is 0. The van der Waals surface area contributed by atoms with Gasteiger partial charge in [0.05, 0.1) is 0 Å².